The summed E-state index contributed by atoms with van der Waals surface area (Å²) in [5.41, 5.74) is 9.85. The van der Waals surface area contributed by atoms with E-state index in [1.54, 1.807) is 0 Å². The van der Waals surface area contributed by atoms with Crippen molar-refractivity contribution in [3.63, 3.8) is 0 Å². The minimum atomic E-state index is 0.591. The van der Waals surface area contributed by atoms with Gasteiger partial charge >= 0.3 is 0 Å². The van der Waals surface area contributed by atoms with Crippen LogP contribution in [0.15, 0.2) is 223 Å². The summed E-state index contributed by atoms with van der Waals surface area (Å²) in [7, 11) is 0. The molecule has 5 heteroatoms. The topological polar surface area (TPSA) is 56.7 Å². The van der Waals surface area contributed by atoms with Gasteiger partial charge < -0.3 is 8.98 Å². The first-order valence-corrected chi connectivity index (χ1v) is 22.3. The number of furan rings is 1. The van der Waals surface area contributed by atoms with Gasteiger partial charge in [0, 0.05) is 43.9 Å². The summed E-state index contributed by atoms with van der Waals surface area (Å²) < 4.78 is 8.80. The second-order valence-electron chi connectivity index (χ2n) is 17.2. The van der Waals surface area contributed by atoms with Crippen molar-refractivity contribution in [3.8, 4) is 51.0 Å². The van der Waals surface area contributed by atoms with Gasteiger partial charge in [-0.25, -0.2) is 15.0 Å². The van der Waals surface area contributed by atoms with Crippen LogP contribution in [0, 0.1) is 0 Å². The molecule has 0 radical (unpaired) electrons. The van der Waals surface area contributed by atoms with Crippen LogP contribution < -0.4 is 0 Å². The number of para-hydroxylation sites is 1. The van der Waals surface area contributed by atoms with E-state index in [2.05, 4.69) is 211 Å². The molecule has 0 N–H and O–H groups in total. The number of rotatable bonds is 5. The Bertz CT molecular complexity index is 4110. The second kappa shape index (κ2) is 14.3. The van der Waals surface area contributed by atoms with Gasteiger partial charge in [-0.15, -0.1) is 0 Å². The summed E-state index contributed by atoms with van der Waals surface area (Å²) >= 11 is 0. The van der Waals surface area contributed by atoms with E-state index in [9.17, 15) is 0 Å². The van der Waals surface area contributed by atoms with Gasteiger partial charge in [0.2, 0.25) is 0 Å². The predicted molar refractivity (Wildman–Crippen MR) is 273 cm³/mol. The van der Waals surface area contributed by atoms with Gasteiger partial charge in [-0.05, 0) is 115 Å². The molecule has 0 spiro atoms. The molecule has 3 aromatic heterocycles. The van der Waals surface area contributed by atoms with E-state index in [-0.39, 0.29) is 0 Å². The molecule has 5 nitrogen and oxygen atoms in total. The van der Waals surface area contributed by atoms with Crippen molar-refractivity contribution in [3.05, 3.63) is 218 Å². The number of fused-ring (bicyclic) bond motifs is 10. The molecule has 0 unspecified atom stereocenters. The highest BCUT2D eigenvalue weighted by Crippen LogP contribution is 2.42. The molecule has 66 heavy (non-hydrogen) atoms. The average molecular weight is 841 g/mol. The maximum absolute atomic E-state index is 6.37. The van der Waals surface area contributed by atoms with Gasteiger partial charge in [0.15, 0.2) is 17.5 Å². The molecule has 0 aliphatic carbocycles. The van der Waals surface area contributed by atoms with Crippen molar-refractivity contribution in [2.24, 2.45) is 0 Å². The van der Waals surface area contributed by atoms with E-state index < -0.39 is 0 Å². The lowest BCUT2D eigenvalue weighted by Crippen LogP contribution is -2.03. The highest BCUT2D eigenvalue weighted by atomic mass is 16.3. The maximum atomic E-state index is 6.37. The van der Waals surface area contributed by atoms with Crippen LogP contribution in [0.3, 0.4) is 0 Å². The largest absolute Gasteiger partial charge is 0.456 e. The van der Waals surface area contributed by atoms with Crippen LogP contribution in [0.2, 0.25) is 0 Å². The zero-order valence-electron chi connectivity index (χ0n) is 35.5. The van der Waals surface area contributed by atoms with Gasteiger partial charge in [0.05, 0.1) is 11.0 Å². The number of hydrogen-bond donors (Lipinski definition) is 0. The number of benzene rings is 11. The quantitative estimate of drug-likeness (QED) is 0.173. The summed E-state index contributed by atoms with van der Waals surface area (Å²) in [4.78, 5) is 16.2. The molecule has 0 saturated heterocycles. The molecule has 0 aliphatic heterocycles. The van der Waals surface area contributed by atoms with E-state index in [1.165, 1.54) is 32.3 Å². The Balaban J connectivity index is 1.08. The van der Waals surface area contributed by atoms with Crippen molar-refractivity contribution >= 4 is 86.8 Å². The summed E-state index contributed by atoms with van der Waals surface area (Å²) in [5.74, 6) is 1.83. The smallest absolute Gasteiger partial charge is 0.164 e. The van der Waals surface area contributed by atoms with Gasteiger partial charge in [-0.2, -0.15) is 0 Å². The third-order valence-electron chi connectivity index (χ3n) is 13.4. The summed E-state index contributed by atoms with van der Waals surface area (Å²) in [6.45, 7) is 0. The van der Waals surface area contributed by atoms with Crippen LogP contribution in [0.5, 0.6) is 0 Å². The molecule has 3 heterocycles. The lowest BCUT2D eigenvalue weighted by molar-refractivity contribution is 0.669. The van der Waals surface area contributed by atoms with E-state index >= 15 is 0 Å². The van der Waals surface area contributed by atoms with Crippen LogP contribution in [0.1, 0.15) is 0 Å². The third-order valence-corrected chi connectivity index (χ3v) is 13.4. The van der Waals surface area contributed by atoms with Gasteiger partial charge in [-0.3, -0.25) is 0 Å². The maximum Gasteiger partial charge on any atom is 0.164 e. The van der Waals surface area contributed by atoms with Crippen LogP contribution in [-0.4, -0.2) is 19.5 Å². The average Bonchev–Trinajstić information content (AvgIpc) is 3.90. The molecule has 0 bridgehead atoms. The second-order valence-corrected chi connectivity index (χ2v) is 17.2. The molecule has 0 fully saturated rings. The zero-order valence-corrected chi connectivity index (χ0v) is 35.5. The van der Waals surface area contributed by atoms with Crippen LogP contribution in [0.4, 0.5) is 0 Å². The fourth-order valence-corrected chi connectivity index (χ4v) is 10.2. The minimum Gasteiger partial charge on any atom is -0.456 e. The zero-order chi connectivity index (χ0) is 43.3. The van der Waals surface area contributed by atoms with Gasteiger partial charge in [0.25, 0.3) is 0 Å². The van der Waals surface area contributed by atoms with Crippen molar-refractivity contribution in [1.29, 1.82) is 0 Å². The SMILES string of the molecule is c1ccc2cc3c(cc2c1)c1cc2ccccc2cc1n3-c1ccc(-c2nc(-c3cccc4ccccc34)nc(-c3cccc4ccccc34)n2)c(-c2ccc3oc4ccccc4c3c2)c1. The molecule has 14 aromatic rings. The molecule has 11 aromatic carbocycles. The highest BCUT2D eigenvalue weighted by Gasteiger charge is 2.22. The van der Waals surface area contributed by atoms with E-state index in [4.69, 9.17) is 19.4 Å². The van der Waals surface area contributed by atoms with Crippen LogP contribution in [-0.2, 0) is 0 Å². The van der Waals surface area contributed by atoms with Crippen molar-refractivity contribution < 1.29 is 4.42 Å². The first kappa shape index (κ1) is 36.5. The number of aromatic nitrogens is 4. The standard InChI is InChI=1S/C61H36N4O/c1-3-17-41-34-55-52(31-39(41)15-1)53-32-40-16-2-4-18-42(40)35-56(53)65(55)44-28-29-50(51(36-44)43-27-30-58-54(33-43)47-23-9-10-26-57(47)66-58)61-63-59(48-24-11-19-37-13-5-7-21-45(37)48)62-60(64-61)49-25-12-20-38-14-6-8-22-46(38)49/h1-36H. The lowest BCUT2D eigenvalue weighted by Gasteiger charge is -2.16. The Labute approximate surface area is 378 Å². The molecule has 0 amide bonds. The van der Waals surface area contributed by atoms with Crippen molar-refractivity contribution in [2.45, 2.75) is 0 Å². The number of nitrogens with zero attached hydrogens (tertiary/aromatic N) is 4. The molecular formula is C61H36N4O. The van der Waals surface area contributed by atoms with Gasteiger partial charge in [0.1, 0.15) is 11.2 Å². The fourth-order valence-electron chi connectivity index (χ4n) is 10.2. The van der Waals surface area contributed by atoms with Crippen LogP contribution in [0.25, 0.3) is 138 Å². The summed E-state index contributed by atoms with van der Waals surface area (Å²) in [5, 5.41) is 13.8. The predicted octanol–water partition coefficient (Wildman–Crippen LogP) is 16.1. The highest BCUT2D eigenvalue weighted by molar-refractivity contribution is 6.17. The Kier molecular flexibility index (Phi) is 7.91. The van der Waals surface area contributed by atoms with Crippen LogP contribution >= 0.6 is 0 Å². The van der Waals surface area contributed by atoms with E-state index in [1.807, 2.05) is 12.1 Å². The summed E-state index contributed by atoms with van der Waals surface area (Å²) in [6, 6.07) is 77.7. The molecular weight excluding hydrogens is 805 g/mol. The van der Waals surface area contributed by atoms with Gasteiger partial charge in [-0.1, -0.05) is 158 Å². The first-order chi connectivity index (χ1) is 32.7. The van der Waals surface area contributed by atoms with Crippen molar-refractivity contribution in [1.82, 2.24) is 19.5 Å². The molecule has 306 valence electrons. The summed E-state index contributed by atoms with van der Waals surface area (Å²) in [6.07, 6.45) is 0. The first-order valence-electron chi connectivity index (χ1n) is 22.3. The molecule has 0 aliphatic rings. The van der Waals surface area contributed by atoms with Crippen molar-refractivity contribution in [2.75, 3.05) is 0 Å². The molecule has 0 atom stereocenters. The molecule has 14 rings (SSSR count). The Morgan fingerprint density at radius 1 is 0.288 bits per heavy atom. The third kappa shape index (κ3) is 5.70. The normalized spacial score (nSPS) is 11.9. The Hall–Kier alpha value is -8.93. The fraction of sp³-hybridized carbons (Fsp3) is 0. The number of hydrogen-bond acceptors (Lipinski definition) is 4. The van der Waals surface area contributed by atoms with E-state index in [0.29, 0.717) is 17.5 Å². The minimum absolute atomic E-state index is 0.591. The molecule has 0 saturated carbocycles. The Morgan fingerprint density at radius 2 is 0.758 bits per heavy atom. The Morgan fingerprint density at radius 3 is 1.35 bits per heavy atom. The monoisotopic (exact) mass is 840 g/mol. The lowest BCUT2D eigenvalue weighted by atomic mass is 9.96. The van der Waals surface area contributed by atoms with E-state index in [0.717, 1.165) is 88.0 Å².